The van der Waals surface area contributed by atoms with Crippen molar-refractivity contribution in [3.05, 3.63) is 0 Å². The molecule has 72 valence electrons. The Morgan fingerprint density at radius 1 is 1.00 bits per heavy atom. The molecule has 1 unspecified atom stereocenters. The Bertz CT molecular complexity index is 236. The van der Waals surface area contributed by atoms with Gasteiger partial charge in [-0.2, -0.15) is 0 Å². The van der Waals surface area contributed by atoms with Crippen molar-refractivity contribution in [2.45, 2.75) is 39.0 Å². The van der Waals surface area contributed by atoms with Crippen LogP contribution in [0, 0.1) is 17.8 Å². The van der Waals surface area contributed by atoms with Gasteiger partial charge in [0.05, 0.1) is 5.92 Å². The van der Waals surface area contributed by atoms with Crippen LogP contribution < -0.4 is 0 Å². The fourth-order valence-corrected chi connectivity index (χ4v) is 1.91. The number of carbonyl (C=O) groups is 2. The van der Waals surface area contributed by atoms with Crippen LogP contribution in [-0.2, 0) is 9.59 Å². The first-order chi connectivity index (χ1) is 6.20. The van der Waals surface area contributed by atoms with Crippen LogP contribution in [-0.4, -0.2) is 11.6 Å². The van der Waals surface area contributed by atoms with Gasteiger partial charge in [-0.15, -0.1) is 0 Å². The van der Waals surface area contributed by atoms with Crippen molar-refractivity contribution in [2.24, 2.45) is 17.8 Å². The predicted octanol–water partition coefficient (Wildman–Crippen LogP) is 1.97. The lowest BCUT2D eigenvalue weighted by Gasteiger charge is -2.26. The normalized spacial score (nSPS) is 25.0. The third-order valence-corrected chi connectivity index (χ3v) is 3.34. The van der Waals surface area contributed by atoms with Crippen molar-refractivity contribution in [1.29, 1.82) is 0 Å². The van der Waals surface area contributed by atoms with Crippen molar-refractivity contribution >= 4 is 11.6 Å². The Morgan fingerprint density at radius 2 is 1.46 bits per heavy atom. The highest BCUT2D eigenvalue weighted by Gasteiger charge is 2.38. The molecule has 1 atom stereocenters. The molecule has 0 aromatic rings. The number of hydrogen-bond donors (Lipinski definition) is 0. The van der Waals surface area contributed by atoms with Crippen LogP contribution in [0.25, 0.3) is 0 Å². The molecule has 0 aromatic carbocycles. The first kappa shape index (κ1) is 8.92. The van der Waals surface area contributed by atoms with Gasteiger partial charge in [0, 0.05) is 11.8 Å². The zero-order valence-electron chi connectivity index (χ0n) is 8.08. The molecule has 13 heavy (non-hydrogen) atoms. The Balaban J connectivity index is 1.90. The summed E-state index contributed by atoms with van der Waals surface area (Å²) in [5.41, 5.74) is 0. The van der Waals surface area contributed by atoms with Crippen molar-refractivity contribution in [3.8, 4) is 0 Å². The average Bonchev–Trinajstić information content (AvgIpc) is 2.80. The average molecular weight is 180 g/mol. The minimum Gasteiger partial charge on any atom is -0.299 e. The molecule has 0 aliphatic heterocycles. The summed E-state index contributed by atoms with van der Waals surface area (Å²) >= 11 is 0. The van der Waals surface area contributed by atoms with E-state index in [4.69, 9.17) is 0 Å². The van der Waals surface area contributed by atoms with E-state index in [1.54, 1.807) is 6.92 Å². The van der Waals surface area contributed by atoms with Crippen LogP contribution >= 0.6 is 0 Å². The molecule has 2 nitrogen and oxygen atoms in total. The van der Waals surface area contributed by atoms with E-state index in [1.807, 2.05) is 0 Å². The third-order valence-electron chi connectivity index (χ3n) is 3.34. The standard InChI is InChI=1S/C11H16O2/c1-7(11(13)9-5-6-9)10(12)8-3-2-4-8/h7-9H,2-6H2,1H3. The Morgan fingerprint density at radius 3 is 1.77 bits per heavy atom. The van der Waals surface area contributed by atoms with Gasteiger partial charge in [0.2, 0.25) is 0 Å². The number of hydrogen-bond acceptors (Lipinski definition) is 2. The molecular weight excluding hydrogens is 164 g/mol. The van der Waals surface area contributed by atoms with E-state index in [2.05, 4.69) is 0 Å². The lowest BCUT2D eigenvalue weighted by atomic mass is 9.77. The highest BCUT2D eigenvalue weighted by atomic mass is 16.2. The second-order valence-electron chi connectivity index (χ2n) is 4.43. The molecule has 2 heteroatoms. The molecule has 2 saturated carbocycles. The van der Waals surface area contributed by atoms with Gasteiger partial charge < -0.3 is 0 Å². The van der Waals surface area contributed by atoms with Gasteiger partial charge in [0.15, 0.2) is 0 Å². The summed E-state index contributed by atoms with van der Waals surface area (Å²) in [6.45, 7) is 1.79. The molecule has 2 fully saturated rings. The monoisotopic (exact) mass is 180 g/mol. The van der Waals surface area contributed by atoms with E-state index in [0.717, 1.165) is 25.7 Å². The van der Waals surface area contributed by atoms with Crippen LogP contribution in [0.2, 0.25) is 0 Å². The van der Waals surface area contributed by atoms with E-state index in [-0.39, 0.29) is 29.3 Å². The van der Waals surface area contributed by atoms with Crippen LogP contribution in [0.4, 0.5) is 0 Å². The van der Waals surface area contributed by atoms with Crippen molar-refractivity contribution < 1.29 is 9.59 Å². The minimum atomic E-state index is -0.308. The second-order valence-corrected chi connectivity index (χ2v) is 4.43. The van der Waals surface area contributed by atoms with Gasteiger partial charge in [-0.1, -0.05) is 6.42 Å². The molecule has 0 aromatic heterocycles. The van der Waals surface area contributed by atoms with Crippen molar-refractivity contribution in [1.82, 2.24) is 0 Å². The summed E-state index contributed by atoms with van der Waals surface area (Å²) in [7, 11) is 0. The van der Waals surface area contributed by atoms with Crippen LogP contribution in [0.15, 0.2) is 0 Å². The summed E-state index contributed by atoms with van der Waals surface area (Å²) < 4.78 is 0. The molecule has 0 spiro atoms. The molecule has 2 aliphatic rings. The first-order valence-corrected chi connectivity index (χ1v) is 5.27. The topological polar surface area (TPSA) is 34.1 Å². The first-order valence-electron chi connectivity index (χ1n) is 5.27. The minimum absolute atomic E-state index is 0.205. The molecular formula is C11H16O2. The fourth-order valence-electron chi connectivity index (χ4n) is 1.91. The largest absolute Gasteiger partial charge is 0.299 e. The van der Waals surface area contributed by atoms with Gasteiger partial charge in [0.1, 0.15) is 11.6 Å². The molecule has 0 heterocycles. The quantitative estimate of drug-likeness (QED) is 0.620. The third kappa shape index (κ3) is 1.67. The van der Waals surface area contributed by atoms with Crippen LogP contribution in [0.5, 0.6) is 0 Å². The maximum Gasteiger partial charge on any atom is 0.146 e. The SMILES string of the molecule is CC(C(=O)C1CCC1)C(=O)C1CC1. The fraction of sp³-hybridized carbons (Fsp3) is 0.818. The maximum absolute atomic E-state index is 11.7. The van der Waals surface area contributed by atoms with Crippen LogP contribution in [0.1, 0.15) is 39.0 Å². The zero-order chi connectivity index (χ0) is 9.42. The summed E-state index contributed by atoms with van der Waals surface area (Å²) in [5.74, 6) is 0.564. The van der Waals surface area contributed by atoms with E-state index in [1.165, 1.54) is 6.42 Å². The second kappa shape index (κ2) is 3.24. The Hall–Kier alpha value is -0.660. The highest BCUT2D eigenvalue weighted by molar-refractivity contribution is 6.04. The van der Waals surface area contributed by atoms with Crippen LogP contribution in [0.3, 0.4) is 0 Å². The number of carbonyl (C=O) groups excluding carboxylic acids is 2. The van der Waals surface area contributed by atoms with Gasteiger partial charge in [0.25, 0.3) is 0 Å². The molecule has 2 aliphatic carbocycles. The van der Waals surface area contributed by atoms with Gasteiger partial charge in [-0.05, 0) is 32.6 Å². The lowest BCUT2D eigenvalue weighted by Crippen LogP contribution is -2.32. The summed E-state index contributed by atoms with van der Waals surface area (Å²) in [6.07, 6.45) is 5.23. The highest BCUT2D eigenvalue weighted by Crippen LogP contribution is 2.35. The van der Waals surface area contributed by atoms with Gasteiger partial charge in [-0.25, -0.2) is 0 Å². The number of ketones is 2. The molecule has 0 N–H and O–H groups in total. The smallest absolute Gasteiger partial charge is 0.146 e. The molecule has 0 amide bonds. The van der Waals surface area contributed by atoms with E-state index in [9.17, 15) is 9.59 Å². The molecule has 0 saturated heterocycles. The molecule has 0 radical (unpaired) electrons. The Labute approximate surface area is 78.7 Å². The lowest BCUT2D eigenvalue weighted by molar-refractivity contribution is -0.136. The van der Waals surface area contributed by atoms with Crippen molar-refractivity contribution in [3.63, 3.8) is 0 Å². The molecule has 0 bridgehead atoms. The number of rotatable bonds is 4. The summed E-state index contributed by atoms with van der Waals surface area (Å²) in [6, 6.07) is 0. The zero-order valence-corrected chi connectivity index (χ0v) is 8.08. The summed E-state index contributed by atoms with van der Waals surface area (Å²) in [5, 5.41) is 0. The van der Waals surface area contributed by atoms with E-state index < -0.39 is 0 Å². The Kier molecular flexibility index (Phi) is 2.22. The van der Waals surface area contributed by atoms with Crippen molar-refractivity contribution in [2.75, 3.05) is 0 Å². The molecule has 2 rings (SSSR count). The predicted molar refractivity (Wildman–Crippen MR) is 49.2 cm³/mol. The van der Waals surface area contributed by atoms with Gasteiger partial charge in [-0.3, -0.25) is 9.59 Å². The maximum atomic E-state index is 11.7. The number of Topliss-reactive ketones (excluding diaryl/α,β-unsaturated/α-hetero) is 2. The van der Waals surface area contributed by atoms with Gasteiger partial charge >= 0.3 is 0 Å². The summed E-state index contributed by atoms with van der Waals surface area (Å²) in [4.78, 5) is 23.2. The van der Waals surface area contributed by atoms with E-state index >= 15 is 0 Å². The van der Waals surface area contributed by atoms with E-state index in [0.29, 0.717) is 0 Å².